The summed E-state index contributed by atoms with van der Waals surface area (Å²) in [6.45, 7) is 9.17. The van der Waals surface area contributed by atoms with Gasteiger partial charge in [-0.3, -0.25) is 0 Å². The molecule has 0 aliphatic carbocycles. The predicted octanol–water partition coefficient (Wildman–Crippen LogP) is 4.60. The van der Waals surface area contributed by atoms with E-state index in [1.165, 1.54) is 38.5 Å². The van der Waals surface area contributed by atoms with Gasteiger partial charge in [-0.15, -0.1) is 0 Å². The number of rotatable bonds is 6. The van der Waals surface area contributed by atoms with Crippen LogP contribution in [0.5, 0.6) is 0 Å². The average molecular weight is 169 g/mol. The van der Waals surface area contributed by atoms with Crippen molar-refractivity contribution in [1.82, 2.24) is 0 Å². The first-order valence-corrected chi connectivity index (χ1v) is 5.38. The van der Waals surface area contributed by atoms with E-state index in [0.29, 0.717) is 5.41 Å². The van der Waals surface area contributed by atoms with Crippen LogP contribution in [0.25, 0.3) is 0 Å². The molecule has 0 amide bonds. The maximum Gasteiger partial charge on any atom is -0.0380 e. The van der Waals surface area contributed by atoms with Gasteiger partial charge < -0.3 is 0 Å². The van der Waals surface area contributed by atoms with Gasteiger partial charge in [0.25, 0.3) is 0 Å². The summed E-state index contributed by atoms with van der Waals surface area (Å²) < 4.78 is 0. The van der Waals surface area contributed by atoms with E-state index in [4.69, 9.17) is 0 Å². The highest BCUT2D eigenvalue weighted by atomic mass is 14.1. The molecule has 0 saturated carbocycles. The number of unbranched alkanes of at least 4 members (excludes halogenated alkanes) is 5. The van der Waals surface area contributed by atoms with Crippen LogP contribution in [-0.2, 0) is 0 Å². The lowest BCUT2D eigenvalue weighted by molar-refractivity contribution is 0.399. The first-order chi connectivity index (χ1) is 5.56. The molecule has 12 heavy (non-hydrogen) atoms. The first-order valence-electron chi connectivity index (χ1n) is 5.38. The van der Waals surface area contributed by atoms with Crippen LogP contribution in [0, 0.1) is 11.8 Å². The molecule has 0 aromatic heterocycles. The highest BCUT2D eigenvalue weighted by Gasteiger charge is 2.08. The van der Waals surface area contributed by atoms with Crippen molar-refractivity contribution in [2.24, 2.45) is 5.41 Å². The van der Waals surface area contributed by atoms with E-state index in [1.54, 1.807) is 0 Å². The molecule has 0 aromatic rings. The molecule has 0 aliphatic heterocycles. The second-order valence-electron chi connectivity index (χ2n) is 4.90. The Balaban J connectivity index is 3.01. The molecule has 0 heteroatoms. The minimum Gasteiger partial charge on any atom is -0.0654 e. The Hall–Kier alpha value is 0. The molecule has 0 aliphatic rings. The molecule has 0 fully saturated rings. The van der Waals surface area contributed by atoms with Gasteiger partial charge in [0.15, 0.2) is 0 Å². The third kappa shape index (κ3) is 10.0. The first kappa shape index (κ1) is 12.0. The zero-order valence-corrected chi connectivity index (χ0v) is 9.32. The fourth-order valence-corrected chi connectivity index (χ4v) is 1.25. The highest BCUT2D eigenvalue weighted by molar-refractivity contribution is 4.73. The van der Waals surface area contributed by atoms with Gasteiger partial charge >= 0.3 is 0 Å². The summed E-state index contributed by atoms with van der Waals surface area (Å²) in [4.78, 5) is 0. The Morgan fingerprint density at radius 1 is 1.00 bits per heavy atom. The minimum absolute atomic E-state index is 0.491. The van der Waals surface area contributed by atoms with Crippen molar-refractivity contribution in [3.8, 4) is 0 Å². The highest BCUT2D eigenvalue weighted by Crippen LogP contribution is 2.21. The molecular formula is C12H25. The summed E-state index contributed by atoms with van der Waals surface area (Å²) in [6.07, 6.45) is 10.6. The van der Waals surface area contributed by atoms with Crippen LogP contribution in [0.1, 0.15) is 66.2 Å². The number of hydrogen-bond acceptors (Lipinski definition) is 0. The standard InChI is InChI=1S/C12H25/c1-5-6-7-8-9-10-11-12(2,3)4/h10H,5-9,11H2,1-4H3. The lowest BCUT2D eigenvalue weighted by Gasteiger charge is -2.17. The van der Waals surface area contributed by atoms with Gasteiger partial charge in [0.1, 0.15) is 0 Å². The van der Waals surface area contributed by atoms with Crippen LogP contribution >= 0.6 is 0 Å². The van der Waals surface area contributed by atoms with Crippen molar-refractivity contribution >= 4 is 0 Å². The van der Waals surface area contributed by atoms with Crippen LogP contribution in [0.2, 0.25) is 0 Å². The second kappa shape index (κ2) is 6.51. The third-order valence-electron chi connectivity index (χ3n) is 2.02. The Bertz CT molecular complexity index is 86.7. The third-order valence-corrected chi connectivity index (χ3v) is 2.02. The lowest BCUT2D eigenvalue weighted by Crippen LogP contribution is -2.04. The Labute approximate surface area is 78.8 Å². The lowest BCUT2D eigenvalue weighted by atomic mass is 9.89. The molecule has 0 spiro atoms. The monoisotopic (exact) mass is 169 g/mol. The van der Waals surface area contributed by atoms with Gasteiger partial charge in [-0.2, -0.15) is 0 Å². The summed E-state index contributed by atoms with van der Waals surface area (Å²) >= 11 is 0. The van der Waals surface area contributed by atoms with E-state index in [0.717, 1.165) is 0 Å². The molecule has 0 heterocycles. The van der Waals surface area contributed by atoms with E-state index in [-0.39, 0.29) is 0 Å². The number of hydrogen-bond donors (Lipinski definition) is 0. The van der Waals surface area contributed by atoms with Crippen molar-refractivity contribution in [2.45, 2.75) is 66.2 Å². The predicted molar refractivity (Wildman–Crippen MR) is 57.1 cm³/mol. The normalized spacial score (nSPS) is 12.0. The zero-order chi connectivity index (χ0) is 9.45. The molecule has 0 N–H and O–H groups in total. The molecule has 0 bridgehead atoms. The molecule has 0 saturated heterocycles. The van der Waals surface area contributed by atoms with E-state index in [1.807, 2.05) is 0 Å². The maximum absolute atomic E-state index is 2.45. The molecule has 0 aromatic carbocycles. The van der Waals surface area contributed by atoms with E-state index >= 15 is 0 Å². The van der Waals surface area contributed by atoms with Gasteiger partial charge in [0.05, 0.1) is 0 Å². The van der Waals surface area contributed by atoms with Gasteiger partial charge in [0, 0.05) is 0 Å². The molecule has 0 rings (SSSR count). The van der Waals surface area contributed by atoms with Crippen LogP contribution in [0.15, 0.2) is 0 Å². The maximum atomic E-state index is 2.45. The Morgan fingerprint density at radius 3 is 2.17 bits per heavy atom. The second-order valence-corrected chi connectivity index (χ2v) is 4.90. The summed E-state index contributed by atoms with van der Waals surface area (Å²) in [6, 6.07) is 0. The van der Waals surface area contributed by atoms with Crippen molar-refractivity contribution in [3.63, 3.8) is 0 Å². The van der Waals surface area contributed by atoms with Crippen molar-refractivity contribution in [1.29, 1.82) is 0 Å². The zero-order valence-electron chi connectivity index (χ0n) is 9.32. The van der Waals surface area contributed by atoms with Gasteiger partial charge in [-0.1, -0.05) is 59.8 Å². The average Bonchev–Trinajstić information content (AvgIpc) is 1.94. The van der Waals surface area contributed by atoms with Gasteiger partial charge in [-0.05, 0) is 18.3 Å². The Morgan fingerprint density at radius 2 is 1.67 bits per heavy atom. The van der Waals surface area contributed by atoms with Crippen LogP contribution in [-0.4, -0.2) is 0 Å². The topological polar surface area (TPSA) is 0 Å². The minimum atomic E-state index is 0.491. The molecule has 0 unspecified atom stereocenters. The SMILES string of the molecule is CCCCCC[CH]CC(C)(C)C. The molecular weight excluding hydrogens is 144 g/mol. The van der Waals surface area contributed by atoms with Gasteiger partial charge in [0.2, 0.25) is 0 Å². The van der Waals surface area contributed by atoms with Crippen molar-refractivity contribution in [3.05, 3.63) is 6.42 Å². The van der Waals surface area contributed by atoms with Crippen molar-refractivity contribution < 1.29 is 0 Å². The summed E-state index contributed by atoms with van der Waals surface area (Å²) in [7, 11) is 0. The Kier molecular flexibility index (Phi) is 6.51. The molecule has 1 radical (unpaired) electrons. The van der Waals surface area contributed by atoms with Crippen molar-refractivity contribution in [2.75, 3.05) is 0 Å². The fourth-order valence-electron chi connectivity index (χ4n) is 1.25. The van der Waals surface area contributed by atoms with Crippen LogP contribution < -0.4 is 0 Å². The van der Waals surface area contributed by atoms with E-state index < -0.39 is 0 Å². The van der Waals surface area contributed by atoms with Gasteiger partial charge in [-0.25, -0.2) is 0 Å². The fraction of sp³-hybridized carbons (Fsp3) is 0.917. The quantitative estimate of drug-likeness (QED) is 0.510. The van der Waals surface area contributed by atoms with E-state index in [9.17, 15) is 0 Å². The summed E-state index contributed by atoms with van der Waals surface area (Å²) in [5.74, 6) is 0. The smallest absolute Gasteiger partial charge is 0.0380 e. The molecule has 73 valence electrons. The van der Waals surface area contributed by atoms with E-state index in [2.05, 4.69) is 34.1 Å². The summed E-state index contributed by atoms with van der Waals surface area (Å²) in [5.41, 5.74) is 0.491. The molecule has 0 nitrogen and oxygen atoms in total. The largest absolute Gasteiger partial charge is 0.0654 e. The van der Waals surface area contributed by atoms with Crippen LogP contribution in [0.4, 0.5) is 0 Å². The summed E-state index contributed by atoms with van der Waals surface area (Å²) in [5, 5.41) is 0. The molecule has 0 atom stereocenters. The van der Waals surface area contributed by atoms with Crippen LogP contribution in [0.3, 0.4) is 0 Å².